The van der Waals surface area contributed by atoms with Crippen molar-refractivity contribution in [3.05, 3.63) is 51.7 Å². The Kier molecular flexibility index (Phi) is 4.73. The summed E-state index contributed by atoms with van der Waals surface area (Å²) in [5.41, 5.74) is 2.61. The first-order chi connectivity index (χ1) is 9.92. The van der Waals surface area contributed by atoms with Crippen LogP contribution in [0.15, 0.2) is 34.8 Å². The predicted molar refractivity (Wildman–Crippen MR) is 85.5 cm³/mol. The van der Waals surface area contributed by atoms with Crippen LogP contribution in [-0.4, -0.2) is 12.2 Å². The van der Waals surface area contributed by atoms with Crippen molar-refractivity contribution < 1.29 is 14.2 Å². The van der Waals surface area contributed by atoms with Crippen molar-refractivity contribution in [2.45, 2.75) is 19.9 Å². The zero-order chi connectivity index (χ0) is 15.6. The Morgan fingerprint density at radius 1 is 1.29 bits per heavy atom. The molecule has 0 bridgehead atoms. The lowest BCUT2D eigenvalue weighted by molar-refractivity contribution is 0.373. The normalized spacial score (nSPS) is 12.0. The third-order valence-electron chi connectivity index (χ3n) is 3.34. The molecule has 2 N–H and O–H groups in total. The molecule has 1 unspecified atom stereocenters. The standard InChI is InChI=1S/C16H17BrFNO2/c1-9-6-12(17)13(18)8-14(9)19-10(2)11-4-5-15(20)16(7-11)21-3/h4-8,10,19-20H,1-3H3. The Bertz CT molecular complexity index is 661. The summed E-state index contributed by atoms with van der Waals surface area (Å²) in [6.45, 7) is 3.88. The number of ether oxygens (including phenoxy) is 1. The fraction of sp³-hybridized carbons (Fsp3) is 0.250. The SMILES string of the molecule is COc1cc(C(C)Nc2cc(F)c(Br)cc2C)ccc1O. The Balaban J connectivity index is 2.25. The Labute approximate surface area is 131 Å². The molecule has 1 atom stereocenters. The first kappa shape index (κ1) is 15.6. The van der Waals surface area contributed by atoms with Crippen LogP contribution in [0.4, 0.5) is 10.1 Å². The van der Waals surface area contributed by atoms with Crippen LogP contribution in [0.2, 0.25) is 0 Å². The van der Waals surface area contributed by atoms with Crippen LogP contribution in [0.25, 0.3) is 0 Å². The number of rotatable bonds is 4. The van der Waals surface area contributed by atoms with E-state index in [2.05, 4.69) is 21.2 Å². The van der Waals surface area contributed by atoms with Gasteiger partial charge in [0.1, 0.15) is 5.82 Å². The maximum absolute atomic E-state index is 13.6. The fourth-order valence-electron chi connectivity index (χ4n) is 2.08. The van der Waals surface area contributed by atoms with Crippen LogP contribution in [-0.2, 0) is 0 Å². The van der Waals surface area contributed by atoms with Gasteiger partial charge in [-0.1, -0.05) is 6.07 Å². The maximum atomic E-state index is 13.6. The number of benzene rings is 2. The minimum Gasteiger partial charge on any atom is -0.504 e. The van der Waals surface area contributed by atoms with Gasteiger partial charge in [0.2, 0.25) is 0 Å². The van der Waals surface area contributed by atoms with Gasteiger partial charge in [0.25, 0.3) is 0 Å². The molecule has 0 saturated heterocycles. The smallest absolute Gasteiger partial charge is 0.160 e. The Morgan fingerprint density at radius 2 is 2.00 bits per heavy atom. The van der Waals surface area contributed by atoms with Crippen molar-refractivity contribution in [2.75, 3.05) is 12.4 Å². The topological polar surface area (TPSA) is 41.5 Å². The van der Waals surface area contributed by atoms with Gasteiger partial charge in [-0.3, -0.25) is 0 Å². The van der Waals surface area contributed by atoms with Gasteiger partial charge in [-0.2, -0.15) is 0 Å². The predicted octanol–water partition coefficient (Wildman–Crippen LogP) is 4.78. The molecule has 0 aliphatic rings. The number of phenols is 1. The van der Waals surface area contributed by atoms with Gasteiger partial charge in [-0.05, 0) is 65.2 Å². The summed E-state index contributed by atoms with van der Waals surface area (Å²) in [6, 6.07) is 8.30. The van der Waals surface area contributed by atoms with Gasteiger partial charge in [0, 0.05) is 11.7 Å². The number of anilines is 1. The second kappa shape index (κ2) is 6.35. The lowest BCUT2D eigenvalue weighted by atomic mass is 10.1. The molecule has 0 aliphatic heterocycles. The van der Waals surface area contributed by atoms with Crippen LogP contribution >= 0.6 is 15.9 Å². The van der Waals surface area contributed by atoms with Gasteiger partial charge >= 0.3 is 0 Å². The quantitative estimate of drug-likeness (QED) is 0.830. The third kappa shape index (κ3) is 3.47. The largest absolute Gasteiger partial charge is 0.504 e. The summed E-state index contributed by atoms with van der Waals surface area (Å²) < 4.78 is 19.2. The van der Waals surface area contributed by atoms with Gasteiger partial charge in [-0.25, -0.2) is 4.39 Å². The second-order valence-corrected chi connectivity index (χ2v) is 5.73. The fourth-order valence-corrected chi connectivity index (χ4v) is 2.54. The molecule has 0 saturated carbocycles. The van der Waals surface area contributed by atoms with E-state index in [1.165, 1.54) is 13.2 Å². The van der Waals surface area contributed by atoms with Crippen LogP contribution in [0, 0.1) is 12.7 Å². The van der Waals surface area contributed by atoms with Gasteiger partial charge in [-0.15, -0.1) is 0 Å². The highest BCUT2D eigenvalue weighted by atomic mass is 79.9. The maximum Gasteiger partial charge on any atom is 0.160 e. The minimum absolute atomic E-state index is 0.0567. The van der Waals surface area contributed by atoms with E-state index < -0.39 is 0 Å². The zero-order valence-electron chi connectivity index (χ0n) is 12.1. The summed E-state index contributed by atoms with van der Waals surface area (Å²) in [4.78, 5) is 0. The zero-order valence-corrected chi connectivity index (χ0v) is 13.7. The molecular weight excluding hydrogens is 337 g/mol. The monoisotopic (exact) mass is 353 g/mol. The molecule has 0 aliphatic carbocycles. The van der Waals surface area contributed by atoms with E-state index in [9.17, 15) is 9.50 Å². The highest BCUT2D eigenvalue weighted by Crippen LogP contribution is 2.31. The highest BCUT2D eigenvalue weighted by molar-refractivity contribution is 9.10. The van der Waals surface area contributed by atoms with Crippen molar-refractivity contribution >= 4 is 21.6 Å². The molecular formula is C16H17BrFNO2. The van der Waals surface area contributed by atoms with Crippen LogP contribution in [0.3, 0.4) is 0 Å². The molecule has 3 nitrogen and oxygen atoms in total. The second-order valence-electron chi connectivity index (χ2n) is 4.88. The summed E-state index contributed by atoms with van der Waals surface area (Å²) in [5, 5.41) is 12.9. The lowest BCUT2D eigenvalue weighted by Crippen LogP contribution is -2.08. The summed E-state index contributed by atoms with van der Waals surface area (Å²) >= 11 is 3.17. The van der Waals surface area contributed by atoms with Crippen molar-refractivity contribution in [2.24, 2.45) is 0 Å². The van der Waals surface area contributed by atoms with Crippen molar-refractivity contribution in [1.82, 2.24) is 0 Å². The highest BCUT2D eigenvalue weighted by Gasteiger charge is 2.12. The van der Waals surface area contributed by atoms with Crippen LogP contribution in [0.5, 0.6) is 11.5 Å². The third-order valence-corrected chi connectivity index (χ3v) is 3.95. The van der Waals surface area contributed by atoms with Gasteiger partial charge in [0.05, 0.1) is 11.6 Å². The van der Waals surface area contributed by atoms with Crippen molar-refractivity contribution in [1.29, 1.82) is 0 Å². The Hall–Kier alpha value is -1.75. The molecule has 0 amide bonds. The molecule has 0 fully saturated rings. The Morgan fingerprint density at radius 3 is 2.67 bits per heavy atom. The van der Waals surface area contributed by atoms with E-state index >= 15 is 0 Å². The summed E-state index contributed by atoms with van der Waals surface area (Å²) in [7, 11) is 1.51. The van der Waals surface area contributed by atoms with Gasteiger partial charge in [0.15, 0.2) is 11.5 Å². The van der Waals surface area contributed by atoms with Crippen molar-refractivity contribution in [3.8, 4) is 11.5 Å². The molecule has 5 heteroatoms. The number of phenolic OH excluding ortho intramolecular Hbond substituents is 1. The molecule has 0 heterocycles. The number of halogens is 2. The minimum atomic E-state index is -0.307. The number of aryl methyl sites for hydroxylation is 1. The van der Waals surface area contributed by atoms with Crippen LogP contribution in [0.1, 0.15) is 24.1 Å². The molecule has 0 aromatic heterocycles. The number of hydrogen-bond donors (Lipinski definition) is 2. The number of aromatic hydroxyl groups is 1. The molecule has 2 aromatic carbocycles. The van der Waals surface area contributed by atoms with Gasteiger partial charge < -0.3 is 15.2 Å². The number of nitrogens with one attached hydrogen (secondary N) is 1. The van der Waals surface area contributed by atoms with E-state index in [0.29, 0.717) is 10.2 Å². The molecule has 0 radical (unpaired) electrons. The lowest BCUT2D eigenvalue weighted by Gasteiger charge is -2.19. The first-order valence-electron chi connectivity index (χ1n) is 6.51. The summed E-state index contributed by atoms with van der Waals surface area (Å²) in [5.74, 6) is 0.206. The van der Waals surface area contributed by atoms with E-state index in [1.807, 2.05) is 13.8 Å². The van der Waals surface area contributed by atoms with E-state index in [0.717, 1.165) is 16.8 Å². The van der Waals surface area contributed by atoms with E-state index in [1.54, 1.807) is 24.3 Å². The average molecular weight is 354 g/mol. The molecule has 21 heavy (non-hydrogen) atoms. The van der Waals surface area contributed by atoms with E-state index in [-0.39, 0.29) is 17.6 Å². The first-order valence-corrected chi connectivity index (χ1v) is 7.30. The van der Waals surface area contributed by atoms with E-state index in [4.69, 9.17) is 4.74 Å². The average Bonchev–Trinajstić information content (AvgIpc) is 2.45. The van der Waals surface area contributed by atoms with Crippen molar-refractivity contribution in [3.63, 3.8) is 0 Å². The molecule has 2 aromatic rings. The molecule has 2 rings (SSSR count). The molecule has 0 spiro atoms. The summed E-state index contributed by atoms with van der Waals surface area (Å²) in [6.07, 6.45) is 0. The molecule has 112 valence electrons. The van der Waals surface area contributed by atoms with Crippen LogP contribution < -0.4 is 10.1 Å². The number of hydrogen-bond acceptors (Lipinski definition) is 3. The number of methoxy groups -OCH3 is 1.